The van der Waals surface area contributed by atoms with Crippen LogP contribution in [-0.4, -0.2) is 12.2 Å². The number of fused-ring (bicyclic) bond motifs is 1. The van der Waals surface area contributed by atoms with E-state index >= 15 is 0 Å². The van der Waals surface area contributed by atoms with Crippen molar-refractivity contribution >= 4 is 0 Å². The Balaban J connectivity index is 1.97. The highest BCUT2D eigenvalue weighted by Gasteiger charge is 2.33. The van der Waals surface area contributed by atoms with Gasteiger partial charge in [0.2, 0.25) is 0 Å². The van der Waals surface area contributed by atoms with Gasteiger partial charge in [0, 0.05) is 17.5 Å². The Morgan fingerprint density at radius 3 is 2.50 bits per heavy atom. The van der Waals surface area contributed by atoms with Gasteiger partial charge in [0.15, 0.2) is 11.5 Å². The van der Waals surface area contributed by atoms with Gasteiger partial charge < -0.3 is 14.6 Å². The Morgan fingerprint density at radius 2 is 1.85 bits per heavy atom. The summed E-state index contributed by atoms with van der Waals surface area (Å²) in [6.07, 6.45) is -0.0166. The van der Waals surface area contributed by atoms with Gasteiger partial charge >= 0.3 is 0 Å². The molecule has 0 fully saturated rings. The standard InChI is InChI=1S/C17H18O3/c1-10-4-6-12(7-5-10)17-11(2)13-8-14(18)16(19-3)9-15(13)20-17/h4-9,11,17-18H,1-3H3/t11?,17-/m1/s1. The lowest BCUT2D eigenvalue weighted by Crippen LogP contribution is -2.06. The number of ether oxygens (including phenoxy) is 2. The molecule has 0 aromatic heterocycles. The molecule has 2 aromatic rings. The average Bonchev–Trinajstić information content (AvgIpc) is 2.76. The van der Waals surface area contributed by atoms with Gasteiger partial charge in [0.1, 0.15) is 11.9 Å². The van der Waals surface area contributed by atoms with Gasteiger partial charge in [-0.1, -0.05) is 36.8 Å². The van der Waals surface area contributed by atoms with Crippen molar-refractivity contribution in [3.8, 4) is 17.2 Å². The Morgan fingerprint density at radius 1 is 1.15 bits per heavy atom. The van der Waals surface area contributed by atoms with Gasteiger partial charge in [0.05, 0.1) is 7.11 Å². The van der Waals surface area contributed by atoms with Crippen molar-refractivity contribution in [3.05, 3.63) is 53.1 Å². The lowest BCUT2D eigenvalue weighted by atomic mass is 9.92. The smallest absolute Gasteiger partial charge is 0.164 e. The number of aryl methyl sites for hydroxylation is 1. The van der Waals surface area contributed by atoms with Crippen molar-refractivity contribution < 1.29 is 14.6 Å². The lowest BCUT2D eigenvalue weighted by Gasteiger charge is -2.15. The van der Waals surface area contributed by atoms with E-state index in [1.807, 2.05) is 0 Å². The summed E-state index contributed by atoms with van der Waals surface area (Å²) in [4.78, 5) is 0. The van der Waals surface area contributed by atoms with Crippen LogP contribution in [0.4, 0.5) is 0 Å². The lowest BCUT2D eigenvalue weighted by molar-refractivity contribution is 0.215. The summed E-state index contributed by atoms with van der Waals surface area (Å²) in [7, 11) is 1.54. The zero-order chi connectivity index (χ0) is 14.3. The first-order chi connectivity index (χ1) is 9.60. The van der Waals surface area contributed by atoms with Crippen molar-refractivity contribution in [2.45, 2.75) is 25.9 Å². The van der Waals surface area contributed by atoms with E-state index in [0.717, 1.165) is 16.9 Å². The molecule has 20 heavy (non-hydrogen) atoms. The van der Waals surface area contributed by atoms with Crippen molar-refractivity contribution in [3.63, 3.8) is 0 Å². The maximum absolute atomic E-state index is 9.91. The van der Waals surface area contributed by atoms with E-state index in [2.05, 4.69) is 38.1 Å². The Bertz CT molecular complexity index is 631. The van der Waals surface area contributed by atoms with Crippen LogP contribution < -0.4 is 9.47 Å². The minimum Gasteiger partial charge on any atom is -0.504 e. The average molecular weight is 270 g/mol. The molecule has 1 aliphatic rings. The number of hydrogen-bond donors (Lipinski definition) is 1. The molecule has 2 atom stereocenters. The molecule has 0 spiro atoms. The second kappa shape index (κ2) is 4.75. The van der Waals surface area contributed by atoms with Gasteiger partial charge in [-0.15, -0.1) is 0 Å². The zero-order valence-electron chi connectivity index (χ0n) is 11.9. The largest absolute Gasteiger partial charge is 0.504 e. The third-order valence-corrected chi connectivity index (χ3v) is 3.92. The topological polar surface area (TPSA) is 38.7 Å². The van der Waals surface area contributed by atoms with Crippen LogP contribution in [0.3, 0.4) is 0 Å². The summed E-state index contributed by atoms with van der Waals surface area (Å²) in [6.45, 7) is 4.18. The molecular weight excluding hydrogens is 252 g/mol. The molecule has 1 aliphatic heterocycles. The maximum atomic E-state index is 9.91. The molecule has 0 amide bonds. The van der Waals surface area contributed by atoms with Crippen LogP contribution in [0, 0.1) is 6.92 Å². The highest BCUT2D eigenvalue weighted by Crippen LogP contribution is 2.49. The fourth-order valence-electron chi connectivity index (χ4n) is 2.70. The second-order valence-electron chi connectivity index (χ2n) is 5.30. The molecule has 0 saturated carbocycles. The number of rotatable bonds is 2. The molecule has 1 N–H and O–H groups in total. The molecular formula is C17H18O3. The molecule has 2 aromatic carbocycles. The number of benzene rings is 2. The quantitative estimate of drug-likeness (QED) is 0.898. The maximum Gasteiger partial charge on any atom is 0.164 e. The van der Waals surface area contributed by atoms with Crippen LogP contribution in [0.25, 0.3) is 0 Å². The first-order valence-electron chi connectivity index (χ1n) is 6.74. The van der Waals surface area contributed by atoms with Gasteiger partial charge in [-0.3, -0.25) is 0 Å². The van der Waals surface area contributed by atoms with E-state index in [9.17, 15) is 5.11 Å². The number of phenols is 1. The van der Waals surface area contributed by atoms with E-state index in [4.69, 9.17) is 9.47 Å². The van der Waals surface area contributed by atoms with Gasteiger partial charge in [-0.05, 0) is 18.6 Å². The minimum absolute atomic E-state index is 0.0166. The summed E-state index contributed by atoms with van der Waals surface area (Å²) in [5.74, 6) is 1.59. The van der Waals surface area contributed by atoms with E-state index in [0.29, 0.717) is 5.75 Å². The third-order valence-electron chi connectivity index (χ3n) is 3.92. The normalized spacial score (nSPS) is 20.4. The Labute approximate surface area is 118 Å². The summed E-state index contributed by atoms with van der Waals surface area (Å²) < 4.78 is 11.2. The Kier molecular flexibility index (Phi) is 3.05. The predicted octanol–water partition coefficient (Wildman–Crippen LogP) is 3.95. The second-order valence-corrected chi connectivity index (χ2v) is 5.30. The SMILES string of the molecule is COc1cc2c(cc1O)C(C)[C@H](c1ccc(C)cc1)O2. The number of aromatic hydroxyl groups is 1. The fourth-order valence-corrected chi connectivity index (χ4v) is 2.70. The number of hydrogen-bond acceptors (Lipinski definition) is 3. The van der Waals surface area contributed by atoms with E-state index in [1.54, 1.807) is 12.1 Å². The molecule has 0 saturated heterocycles. The predicted molar refractivity (Wildman–Crippen MR) is 77.6 cm³/mol. The number of phenolic OH excluding ortho intramolecular Hbond substituents is 1. The molecule has 3 rings (SSSR count). The molecule has 3 nitrogen and oxygen atoms in total. The van der Waals surface area contributed by atoms with Crippen molar-refractivity contribution in [1.82, 2.24) is 0 Å². The van der Waals surface area contributed by atoms with E-state index < -0.39 is 0 Å². The minimum atomic E-state index is -0.0166. The van der Waals surface area contributed by atoms with Crippen LogP contribution in [0.2, 0.25) is 0 Å². The first kappa shape index (κ1) is 12.9. The monoisotopic (exact) mass is 270 g/mol. The zero-order valence-corrected chi connectivity index (χ0v) is 11.9. The van der Waals surface area contributed by atoms with E-state index in [1.165, 1.54) is 12.7 Å². The Hall–Kier alpha value is -2.16. The summed E-state index contributed by atoms with van der Waals surface area (Å²) in [6, 6.07) is 11.9. The van der Waals surface area contributed by atoms with Crippen molar-refractivity contribution in [1.29, 1.82) is 0 Å². The van der Waals surface area contributed by atoms with Gasteiger partial charge in [-0.25, -0.2) is 0 Å². The summed E-state index contributed by atoms with van der Waals surface area (Å²) >= 11 is 0. The summed E-state index contributed by atoms with van der Waals surface area (Å²) in [5, 5.41) is 9.91. The van der Waals surface area contributed by atoms with Crippen molar-refractivity contribution in [2.75, 3.05) is 7.11 Å². The molecule has 0 aliphatic carbocycles. The van der Waals surface area contributed by atoms with Crippen molar-refractivity contribution in [2.24, 2.45) is 0 Å². The number of methoxy groups -OCH3 is 1. The van der Waals surface area contributed by atoms with Crippen LogP contribution in [0.5, 0.6) is 17.2 Å². The molecule has 0 bridgehead atoms. The third kappa shape index (κ3) is 1.99. The highest BCUT2D eigenvalue weighted by atomic mass is 16.5. The van der Waals surface area contributed by atoms with Gasteiger partial charge in [0.25, 0.3) is 0 Å². The van der Waals surface area contributed by atoms with Crippen LogP contribution >= 0.6 is 0 Å². The van der Waals surface area contributed by atoms with Crippen LogP contribution in [-0.2, 0) is 0 Å². The van der Waals surface area contributed by atoms with Crippen LogP contribution in [0.1, 0.15) is 35.6 Å². The highest BCUT2D eigenvalue weighted by molar-refractivity contribution is 5.54. The fraction of sp³-hybridized carbons (Fsp3) is 0.294. The molecule has 1 unspecified atom stereocenters. The molecule has 0 radical (unpaired) electrons. The van der Waals surface area contributed by atoms with Crippen LogP contribution in [0.15, 0.2) is 36.4 Å². The molecule has 1 heterocycles. The molecule has 104 valence electrons. The van der Waals surface area contributed by atoms with E-state index in [-0.39, 0.29) is 17.8 Å². The summed E-state index contributed by atoms with van der Waals surface area (Å²) in [5.41, 5.74) is 3.41. The molecule has 3 heteroatoms. The van der Waals surface area contributed by atoms with Gasteiger partial charge in [-0.2, -0.15) is 0 Å². The first-order valence-corrected chi connectivity index (χ1v) is 6.74.